The van der Waals surface area contributed by atoms with E-state index in [0.29, 0.717) is 29.7 Å². The molecule has 0 radical (unpaired) electrons. The topological polar surface area (TPSA) is 96.8 Å². The van der Waals surface area contributed by atoms with Gasteiger partial charge in [-0.15, -0.1) is 11.8 Å². The first-order chi connectivity index (χ1) is 16.2. The van der Waals surface area contributed by atoms with Gasteiger partial charge in [0.15, 0.2) is 0 Å². The van der Waals surface area contributed by atoms with Crippen molar-refractivity contribution in [3.63, 3.8) is 0 Å². The molecular formula is C24H24ClFN2O5S. The van der Waals surface area contributed by atoms with Gasteiger partial charge in [0.25, 0.3) is 5.91 Å². The number of methoxy groups -OCH3 is 1. The van der Waals surface area contributed by atoms with Gasteiger partial charge in [-0.3, -0.25) is 14.6 Å². The van der Waals surface area contributed by atoms with Crippen molar-refractivity contribution in [3.05, 3.63) is 63.7 Å². The summed E-state index contributed by atoms with van der Waals surface area (Å²) in [6.07, 6.45) is 5.11. The Morgan fingerprint density at radius 1 is 1.24 bits per heavy atom. The molecule has 0 fully saturated rings. The number of aryl methyl sites for hydroxylation is 1. The molecule has 1 aliphatic rings. The first-order valence-corrected chi connectivity index (χ1v) is 11.9. The van der Waals surface area contributed by atoms with Gasteiger partial charge in [-0.1, -0.05) is 11.6 Å². The minimum Gasteiger partial charge on any atom is -0.478 e. The highest BCUT2D eigenvalue weighted by Crippen LogP contribution is 2.36. The van der Waals surface area contributed by atoms with Gasteiger partial charge in [-0.25, -0.2) is 9.18 Å². The van der Waals surface area contributed by atoms with E-state index >= 15 is 4.39 Å². The van der Waals surface area contributed by atoms with Crippen LogP contribution in [0.4, 0.5) is 10.1 Å². The van der Waals surface area contributed by atoms with Gasteiger partial charge in [-0.2, -0.15) is 0 Å². The van der Waals surface area contributed by atoms with Gasteiger partial charge in [0.1, 0.15) is 5.82 Å². The number of ether oxygens (including phenoxy) is 1. The summed E-state index contributed by atoms with van der Waals surface area (Å²) < 4.78 is 19.9. The van der Waals surface area contributed by atoms with E-state index in [0.717, 1.165) is 23.4 Å². The number of anilines is 1. The number of pyridine rings is 1. The monoisotopic (exact) mass is 506 g/mol. The van der Waals surface area contributed by atoms with Crippen molar-refractivity contribution in [1.29, 1.82) is 0 Å². The van der Waals surface area contributed by atoms with Crippen LogP contribution in [-0.2, 0) is 25.7 Å². The normalized spacial score (nSPS) is 13.5. The fraction of sp³-hybridized carbons (Fsp3) is 0.333. The van der Waals surface area contributed by atoms with Crippen LogP contribution >= 0.6 is 23.4 Å². The third kappa shape index (κ3) is 5.95. The Kier molecular flexibility index (Phi) is 8.68. The lowest BCUT2D eigenvalue weighted by molar-refractivity contribution is -0.137. The Morgan fingerprint density at radius 3 is 2.59 bits per heavy atom. The molecule has 180 valence electrons. The van der Waals surface area contributed by atoms with Gasteiger partial charge in [0, 0.05) is 28.4 Å². The number of nitrogens with zero attached hydrogens (tertiary/aromatic N) is 2. The molecule has 0 unspecified atom stereocenters. The molecule has 0 saturated heterocycles. The molecule has 0 saturated carbocycles. The Morgan fingerprint density at radius 2 is 1.94 bits per heavy atom. The molecule has 0 atom stereocenters. The predicted molar refractivity (Wildman–Crippen MR) is 127 cm³/mol. The first-order valence-electron chi connectivity index (χ1n) is 10.6. The molecule has 1 aromatic heterocycles. The third-order valence-corrected chi connectivity index (χ3v) is 7.02. The lowest BCUT2D eigenvalue weighted by Gasteiger charge is -2.28. The van der Waals surface area contributed by atoms with Crippen molar-refractivity contribution in [3.8, 4) is 0 Å². The number of hydrogen-bond acceptors (Lipinski definition) is 6. The number of carboxylic acids is 1. The van der Waals surface area contributed by atoms with Gasteiger partial charge in [0.2, 0.25) is 0 Å². The van der Waals surface area contributed by atoms with Crippen LogP contribution in [0.2, 0.25) is 5.02 Å². The lowest BCUT2D eigenvalue weighted by atomic mass is 9.90. The summed E-state index contributed by atoms with van der Waals surface area (Å²) in [5.41, 5.74) is 1.69. The molecule has 34 heavy (non-hydrogen) atoms. The molecule has 1 aliphatic carbocycles. The van der Waals surface area contributed by atoms with Crippen LogP contribution in [0.5, 0.6) is 0 Å². The lowest BCUT2D eigenvalue weighted by Crippen LogP contribution is -2.34. The number of esters is 1. The number of rotatable bonds is 8. The summed E-state index contributed by atoms with van der Waals surface area (Å²) in [4.78, 5) is 42.8. The molecule has 10 heteroatoms. The van der Waals surface area contributed by atoms with E-state index in [1.54, 1.807) is 18.5 Å². The van der Waals surface area contributed by atoms with Crippen LogP contribution in [0.15, 0.2) is 46.6 Å². The van der Waals surface area contributed by atoms with Gasteiger partial charge in [0.05, 0.1) is 30.1 Å². The average Bonchev–Trinajstić information content (AvgIpc) is 2.82. The minimum absolute atomic E-state index is 0.0193. The summed E-state index contributed by atoms with van der Waals surface area (Å²) >= 11 is 7.25. The summed E-state index contributed by atoms with van der Waals surface area (Å²) in [6.45, 7) is 1.83. The zero-order valence-corrected chi connectivity index (χ0v) is 20.3. The smallest absolute Gasteiger partial charge is 0.332 e. The largest absolute Gasteiger partial charge is 0.478 e. The van der Waals surface area contributed by atoms with E-state index < -0.39 is 23.7 Å². The van der Waals surface area contributed by atoms with Crippen molar-refractivity contribution in [2.24, 2.45) is 0 Å². The van der Waals surface area contributed by atoms with Crippen LogP contribution in [-0.4, -0.2) is 40.8 Å². The maximum absolute atomic E-state index is 15.2. The molecule has 0 aliphatic heterocycles. The van der Waals surface area contributed by atoms with E-state index in [9.17, 15) is 19.5 Å². The molecule has 2 aromatic rings. The average molecular weight is 507 g/mol. The van der Waals surface area contributed by atoms with E-state index in [1.807, 2.05) is 6.92 Å². The zero-order chi connectivity index (χ0) is 24.8. The molecule has 1 heterocycles. The number of carbonyl (C=O) groups excluding carboxylic acids is 2. The zero-order valence-electron chi connectivity index (χ0n) is 18.8. The van der Waals surface area contributed by atoms with E-state index in [1.165, 1.54) is 18.1 Å². The Labute approximate surface area is 206 Å². The summed E-state index contributed by atoms with van der Waals surface area (Å²) in [5.74, 6) is -3.00. The Hall–Kier alpha value is -2.91. The molecular weight excluding hydrogens is 483 g/mol. The maximum atomic E-state index is 15.2. The Bertz CT molecular complexity index is 1150. The standard InChI is InChI=1S/C24H24ClFN2O5S/c1-14-7-8-27-11-15(14)12-28(23(30)16-5-3-4-6-17(16)24(31)32)20-10-21(18(25)9-19(20)26)34-13-22(29)33-2/h7-11H,3-6,12-13H2,1-2H3,(H,31,32). The highest BCUT2D eigenvalue weighted by Gasteiger charge is 2.30. The fourth-order valence-corrected chi connectivity index (χ4v) is 4.77. The third-order valence-electron chi connectivity index (χ3n) is 5.57. The summed E-state index contributed by atoms with van der Waals surface area (Å²) in [7, 11) is 1.26. The SMILES string of the molecule is COC(=O)CSc1cc(N(Cc2cnccc2C)C(=O)C2=C(C(=O)O)CCCC2)c(F)cc1Cl. The number of carboxylic acid groups (broad SMARTS) is 1. The molecule has 7 nitrogen and oxygen atoms in total. The maximum Gasteiger partial charge on any atom is 0.332 e. The summed E-state index contributed by atoms with van der Waals surface area (Å²) in [5, 5.41) is 9.73. The number of aliphatic carboxylic acids is 1. The quantitative estimate of drug-likeness (QED) is 0.400. The van der Waals surface area contributed by atoms with Crippen LogP contribution in [0.1, 0.15) is 36.8 Å². The summed E-state index contributed by atoms with van der Waals surface area (Å²) in [6, 6.07) is 4.26. The van der Waals surface area contributed by atoms with Gasteiger partial charge in [-0.05, 0) is 61.9 Å². The number of halogens is 2. The van der Waals surface area contributed by atoms with Crippen molar-refractivity contribution >= 4 is 46.9 Å². The molecule has 0 spiro atoms. The number of hydrogen-bond donors (Lipinski definition) is 1. The van der Waals surface area contributed by atoms with Crippen molar-refractivity contribution in [2.75, 3.05) is 17.8 Å². The molecule has 1 amide bonds. The number of carbonyl (C=O) groups is 3. The van der Waals surface area contributed by atoms with Crippen molar-refractivity contribution in [1.82, 2.24) is 4.98 Å². The number of aromatic nitrogens is 1. The van der Waals surface area contributed by atoms with E-state index in [-0.39, 0.29) is 40.6 Å². The van der Waals surface area contributed by atoms with Crippen molar-refractivity contribution in [2.45, 2.75) is 44.0 Å². The fourth-order valence-electron chi connectivity index (χ4n) is 3.67. The van der Waals surface area contributed by atoms with Gasteiger partial charge < -0.3 is 14.7 Å². The molecule has 1 N–H and O–H groups in total. The van der Waals surface area contributed by atoms with Crippen LogP contribution in [0.3, 0.4) is 0 Å². The second-order valence-corrected chi connectivity index (χ2v) is 9.19. The first kappa shape index (κ1) is 25.7. The van der Waals surface area contributed by atoms with E-state index in [4.69, 9.17) is 11.6 Å². The number of benzene rings is 1. The van der Waals surface area contributed by atoms with Crippen LogP contribution in [0.25, 0.3) is 0 Å². The van der Waals surface area contributed by atoms with Crippen LogP contribution in [0, 0.1) is 12.7 Å². The second kappa shape index (κ2) is 11.5. The van der Waals surface area contributed by atoms with Gasteiger partial charge >= 0.3 is 11.9 Å². The highest BCUT2D eigenvalue weighted by molar-refractivity contribution is 8.00. The number of thioether (sulfide) groups is 1. The second-order valence-electron chi connectivity index (χ2n) is 7.76. The minimum atomic E-state index is -1.15. The highest BCUT2D eigenvalue weighted by atomic mass is 35.5. The van der Waals surface area contributed by atoms with Crippen LogP contribution < -0.4 is 4.90 Å². The molecule has 3 rings (SSSR count). The predicted octanol–water partition coefficient (Wildman–Crippen LogP) is 4.94. The molecule has 0 bridgehead atoms. The molecule has 1 aromatic carbocycles. The Balaban J connectivity index is 2.10. The number of amides is 1. The van der Waals surface area contributed by atoms with Crippen molar-refractivity contribution < 1.29 is 28.6 Å². The van der Waals surface area contributed by atoms with E-state index in [2.05, 4.69) is 9.72 Å².